The van der Waals surface area contributed by atoms with Crippen molar-refractivity contribution in [2.75, 3.05) is 0 Å². The lowest BCUT2D eigenvalue weighted by molar-refractivity contribution is 0.0475. The summed E-state index contributed by atoms with van der Waals surface area (Å²) in [7, 11) is 0. The molecule has 4 heteroatoms. The van der Waals surface area contributed by atoms with Crippen LogP contribution in [0.25, 0.3) is 0 Å². The van der Waals surface area contributed by atoms with Crippen molar-refractivity contribution in [2.24, 2.45) is 5.92 Å². The summed E-state index contributed by atoms with van der Waals surface area (Å²) in [4.78, 5) is 0. The Balaban J connectivity index is 2.21. The van der Waals surface area contributed by atoms with E-state index in [0.717, 1.165) is 0 Å². The minimum Gasteiger partial charge on any atom is -0.388 e. The third-order valence-corrected chi connectivity index (χ3v) is 3.20. The first kappa shape index (κ1) is 10.1. The molecule has 1 aliphatic rings. The van der Waals surface area contributed by atoms with Gasteiger partial charge in [-0.25, -0.2) is 8.78 Å². The predicted molar refractivity (Wildman–Crippen MR) is 52.2 cm³/mol. The van der Waals surface area contributed by atoms with Crippen molar-refractivity contribution in [3.63, 3.8) is 0 Å². The predicted octanol–water partition coefficient (Wildman–Crippen LogP) is 3.14. The third kappa shape index (κ3) is 1.68. The number of alkyl halides is 2. The van der Waals surface area contributed by atoms with E-state index in [-0.39, 0.29) is 6.42 Å². The largest absolute Gasteiger partial charge is 0.388 e. The molecule has 0 aliphatic heterocycles. The monoisotopic (exact) mass is 262 g/mol. The topological polar surface area (TPSA) is 20.2 Å². The van der Waals surface area contributed by atoms with Gasteiger partial charge < -0.3 is 5.11 Å². The maximum absolute atomic E-state index is 12.7. The van der Waals surface area contributed by atoms with Crippen LogP contribution < -0.4 is 0 Å². The van der Waals surface area contributed by atoms with Gasteiger partial charge in [0, 0.05) is 10.9 Å². The molecule has 1 N–H and O–H groups in total. The van der Waals surface area contributed by atoms with E-state index in [4.69, 9.17) is 0 Å². The van der Waals surface area contributed by atoms with E-state index in [1.165, 1.54) is 0 Å². The van der Waals surface area contributed by atoms with E-state index in [1.807, 2.05) is 0 Å². The molecule has 2 unspecified atom stereocenters. The summed E-state index contributed by atoms with van der Waals surface area (Å²) < 4.78 is 26.1. The molecule has 0 spiro atoms. The minimum atomic E-state index is -2.69. The zero-order valence-corrected chi connectivity index (χ0v) is 8.84. The Morgan fingerprint density at radius 1 is 1.43 bits per heavy atom. The van der Waals surface area contributed by atoms with Crippen molar-refractivity contribution >= 4 is 15.9 Å². The van der Waals surface area contributed by atoms with Crippen LogP contribution in [0.15, 0.2) is 28.7 Å². The fourth-order valence-corrected chi connectivity index (χ4v) is 2.03. The first-order valence-corrected chi connectivity index (χ1v) is 5.12. The van der Waals surface area contributed by atoms with Gasteiger partial charge in [0.15, 0.2) is 0 Å². The lowest BCUT2D eigenvalue weighted by Gasteiger charge is -2.11. The second kappa shape index (κ2) is 3.28. The number of rotatable bonds is 2. The van der Waals surface area contributed by atoms with Crippen LogP contribution in [0.5, 0.6) is 0 Å². The fourth-order valence-electron chi connectivity index (χ4n) is 1.51. The maximum atomic E-state index is 12.7. The number of hydrogen-bond acceptors (Lipinski definition) is 1. The molecule has 1 aromatic carbocycles. The van der Waals surface area contributed by atoms with E-state index in [0.29, 0.717) is 10.0 Å². The van der Waals surface area contributed by atoms with Crippen LogP contribution in [0.4, 0.5) is 8.78 Å². The van der Waals surface area contributed by atoms with Crippen molar-refractivity contribution in [1.29, 1.82) is 0 Å². The van der Waals surface area contributed by atoms with Crippen molar-refractivity contribution in [2.45, 2.75) is 18.4 Å². The molecule has 1 fully saturated rings. The van der Waals surface area contributed by atoms with Crippen LogP contribution in [-0.4, -0.2) is 11.0 Å². The summed E-state index contributed by atoms with van der Waals surface area (Å²) in [6.45, 7) is 0. The van der Waals surface area contributed by atoms with Crippen molar-refractivity contribution in [3.8, 4) is 0 Å². The first-order valence-electron chi connectivity index (χ1n) is 4.32. The van der Waals surface area contributed by atoms with Crippen LogP contribution in [-0.2, 0) is 0 Å². The summed E-state index contributed by atoms with van der Waals surface area (Å²) >= 11 is 3.23. The van der Waals surface area contributed by atoms with Gasteiger partial charge in [0.05, 0.1) is 12.0 Å². The molecule has 14 heavy (non-hydrogen) atoms. The Bertz CT molecular complexity index is 354. The average molecular weight is 263 g/mol. The standard InChI is InChI=1S/C10H9BrF2O/c11-8-4-2-1-3-6(8)9(14)7-5-10(7,12)13/h1-4,7,9,14H,5H2. The summed E-state index contributed by atoms with van der Waals surface area (Å²) in [5.74, 6) is -3.60. The summed E-state index contributed by atoms with van der Waals surface area (Å²) in [5, 5.41) is 9.67. The quantitative estimate of drug-likeness (QED) is 0.869. The number of benzene rings is 1. The highest BCUT2D eigenvalue weighted by atomic mass is 79.9. The number of hydrogen-bond donors (Lipinski definition) is 1. The van der Waals surface area contributed by atoms with Crippen molar-refractivity contribution in [1.82, 2.24) is 0 Å². The summed E-state index contributed by atoms with van der Waals surface area (Å²) in [6, 6.07) is 6.90. The van der Waals surface area contributed by atoms with Gasteiger partial charge in [-0.1, -0.05) is 34.1 Å². The van der Waals surface area contributed by atoms with Crippen LogP contribution >= 0.6 is 15.9 Å². The van der Waals surface area contributed by atoms with E-state index in [1.54, 1.807) is 24.3 Å². The molecule has 0 aromatic heterocycles. The molecule has 0 heterocycles. The van der Waals surface area contributed by atoms with Gasteiger partial charge in [0.25, 0.3) is 5.92 Å². The highest BCUT2D eigenvalue weighted by Gasteiger charge is 2.60. The second-order valence-corrected chi connectivity index (χ2v) is 4.39. The van der Waals surface area contributed by atoms with Crippen LogP contribution in [0, 0.1) is 5.92 Å². The molecule has 0 saturated heterocycles. The van der Waals surface area contributed by atoms with Crippen molar-refractivity contribution in [3.05, 3.63) is 34.3 Å². The SMILES string of the molecule is OC(c1ccccc1Br)C1CC1(F)F. The molecule has 0 radical (unpaired) electrons. The Morgan fingerprint density at radius 2 is 2.00 bits per heavy atom. The van der Waals surface area contributed by atoms with E-state index < -0.39 is 17.9 Å². The van der Waals surface area contributed by atoms with Crippen LogP contribution in [0.1, 0.15) is 18.1 Å². The third-order valence-electron chi connectivity index (χ3n) is 2.48. The summed E-state index contributed by atoms with van der Waals surface area (Å²) in [5.41, 5.74) is 0.537. The Kier molecular flexibility index (Phi) is 2.35. The highest BCUT2D eigenvalue weighted by Crippen LogP contribution is 2.55. The first-order chi connectivity index (χ1) is 6.52. The lowest BCUT2D eigenvalue weighted by atomic mass is 10.1. The number of halogens is 3. The van der Waals surface area contributed by atoms with Gasteiger partial charge in [-0.05, 0) is 11.6 Å². The smallest absolute Gasteiger partial charge is 0.254 e. The number of aliphatic hydroxyl groups excluding tert-OH is 1. The maximum Gasteiger partial charge on any atom is 0.254 e. The molecule has 1 aliphatic carbocycles. The molecule has 2 atom stereocenters. The van der Waals surface area contributed by atoms with E-state index in [9.17, 15) is 13.9 Å². The Morgan fingerprint density at radius 3 is 2.50 bits per heavy atom. The molecule has 0 bridgehead atoms. The number of aliphatic hydroxyl groups is 1. The second-order valence-electron chi connectivity index (χ2n) is 3.54. The molecule has 76 valence electrons. The van der Waals surface area contributed by atoms with Crippen LogP contribution in [0.2, 0.25) is 0 Å². The van der Waals surface area contributed by atoms with E-state index in [2.05, 4.69) is 15.9 Å². The highest BCUT2D eigenvalue weighted by molar-refractivity contribution is 9.10. The molecular formula is C10H9BrF2O. The lowest BCUT2D eigenvalue weighted by Crippen LogP contribution is -2.06. The van der Waals surface area contributed by atoms with Gasteiger partial charge in [-0.15, -0.1) is 0 Å². The molecule has 1 saturated carbocycles. The molecule has 2 rings (SSSR count). The molecule has 0 amide bonds. The van der Waals surface area contributed by atoms with Crippen LogP contribution in [0.3, 0.4) is 0 Å². The minimum absolute atomic E-state index is 0.213. The zero-order valence-electron chi connectivity index (χ0n) is 7.25. The van der Waals surface area contributed by atoms with Gasteiger partial charge in [-0.2, -0.15) is 0 Å². The molecular weight excluding hydrogens is 254 g/mol. The van der Waals surface area contributed by atoms with Gasteiger partial charge in [-0.3, -0.25) is 0 Å². The van der Waals surface area contributed by atoms with Gasteiger partial charge in [0.2, 0.25) is 0 Å². The van der Waals surface area contributed by atoms with E-state index >= 15 is 0 Å². The average Bonchev–Trinajstić information content (AvgIpc) is 2.75. The Hall–Kier alpha value is -0.480. The molecule has 1 nitrogen and oxygen atoms in total. The van der Waals surface area contributed by atoms with Crippen molar-refractivity contribution < 1.29 is 13.9 Å². The zero-order chi connectivity index (χ0) is 10.3. The normalized spacial score (nSPS) is 25.9. The Labute approximate surface area is 88.9 Å². The van der Waals surface area contributed by atoms with Gasteiger partial charge in [0.1, 0.15) is 0 Å². The molecule has 1 aromatic rings. The summed E-state index contributed by atoms with van der Waals surface area (Å²) in [6.07, 6.45) is -1.28. The fraction of sp³-hybridized carbons (Fsp3) is 0.400. The van der Waals surface area contributed by atoms with Gasteiger partial charge >= 0.3 is 0 Å².